The fourth-order valence-corrected chi connectivity index (χ4v) is 2.70. The number of hydrogen-bond acceptors (Lipinski definition) is 2. The molecule has 1 unspecified atom stereocenters. The van der Waals surface area contributed by atoms with E-state index >= 15 is 0 Å². The highest BCUT2D eigenvalue weighted by Gasteiger charge is 2.28. The molecule has 1 amide bonds. The molecule has 2 aromatic rings. The summed E-state index contributed by atoms with van der Waals surface area (Å²) in [4.78, 5) is 14.4. The van der Waals surface area contributed by atoms with Crippen LogP contribution in [-0.2, 0) is 11.2 Å². The van der Waals surface area contributed by atoms with Crippen LogP contribution in [-0.4, -0.2) is 19.5 Å². The van der Waals surface area contributed by atoms with E-state index in [1.54, 1.807) is 4.90 Å². The van der Waals surface area contributed by atoms with Crippen LogP contribution in [0.1, 0.15) is 17.2 Å². The molecule has 0 spiro atoms. The smallest absolute Gasteiger partial charge is 0.248 e. The number of nitrogens with zero attached hydrogens (tertiary/aromatic N) is 1. The van der Waals surface area contributed by atoms with Crippen LogP contribution in [0.25, 0.3) is 0 Å². The van der Waals surface area contributed by atoms with Crippen LogP contribution in [0.3, 0.4) is 0 Å². The van der Waals surface area contributed by atoms with E-state index in [9.17, 15) is 4.79 Å². The monoisotopic (exact) mass is 266 g/mol. The number of anilines is 1. The van der Waals surface area contributed by atoms with Crippen molar-refractivity contribution in [3.05, 3.63) is 65.7 Å². The molecular weight excluding hydrogens is 248 g/mol. The van der Waals surface area contributed by atoms with Crippen LogP contribution in [0.2, 0.25) is 0 Å². The summed E-state index contributed by atoms with van der Waals surface area (Å²) in [6, 6.07) is 17.7. The Kier molecular flexibility index (Phi) is 3.52. The van der Waals surface area contributed by atoms with Crippen LogP contribution in [0.5, 0.6) is 0 Å². The van der Waals surface area contributed by atoms with Gasteiger partial charge in [-0.1, -0.05) is 42.5 Å². The molecule has 2 aromatic carbocycles. The van der Waals surface area contributed by atoms with Gasteiger partial charge in [0, 0.05) is 19.3 Å². The second-order valence-electron chi connectivity index (χ2n) is 5.07. The van der Waals surface area contributed by atoms with Crippen molar-refractivity contribution < 1.29 is 4.79 Å². The third kappa shape index (κ3) is 2.32. The molecule has 0 aliphatic carbocycles. The van der Waals surface area contributed by atoms with Crippen molar-refractivity contribution in [2.24, 2.45) is 0 Å². The summed E-state index contributed by atoms with van der Waals surface area (Å²) in [5, 5.41) is 3.33. The van der Waals surface area contributed by atoms with Gasteiger partial charge in [0.25, 0.3) is 0 Å². The molecule has 0 saturated heterocycles. The molecule has 3 rings (SSSR count). The number of likely N-dealkylation sites (N-methyl/N-ethyl adjacent to an activating group) is 1. The molecule has 3 nitrogen and oxygen atoms in total. The number of rotatable bonds is 2. The average Bonchev–Trinajstić information content (AvgIpc) is 2.54. The van der Waals surface area contributed by atoms with E-state index in [0.29, 0.717) is 0 Å². The van der Waals surface area contributed by atoms with Gasteiger partial charge in [0.15, 0.2) is 0 Å². The summed E-state index contributed by atoms with van der Waals surface area (Å²) < 4.78 is 0. The molecule has 1 atom stereocenters. The van der Waals surface area contributed by atoms with Gasteiger partial charge in [-0.15, -0.1) is 0 Å². The minimum absolute atomic E-state index is 0.0864. The van der Waals surface area contributed by atoms with E-state index in [4.69, 9.17) is 0 Å². The lowest BCUT2D eigenvalue weighted by molar-refractivity contribution is -0.120. The first-order valence-electron chi connectivity index (χ1n) is 6.91. The first-order chi connectivity index (χ1) is 9.77. The number of hydrogen-bond donors (Lipinski definition) is 1. The number of carbonyl (C=O) groups excluding carboxylic acids is 1. The van der Waals surface area contributed by atoms with Gasteiger partial charge in [0.2, 0.25) is 5.91 Å². The molecule has 1 heterocycles. The van der Waals surface area contributed by atoms with E-state index in [1.165, 1.54) is 5.56 Å². The Hall–Kier alpha value is -2.13. The average molecular weight is 266 g/mol. The molecule has 0 aromatic heterocycles. The molecule has 0 radical (unpaired) electrons. The second-order valence-corrected chi connectivity index (χ2v) is 5.07. The Bertz CT molecular complexity index is 609. The fraction of sp³-hybridized carbons (Fsp3) is 0.235. The topological polar surface area (TPSA) is 32.3 Å². The van der Waals surface area contributed by atoms with Crippen molar-refractivity contribution >= 4 is 11.6 Å². The molecule has 0 fully saturated rings. The third-order valence-electron chi connectivity index (χ3n) is 3.83. The van der Waals surface area contributed by atoms with Gasteiger partial charge in [-0.2, -0.15) is 0 Å². The summed E-state index contributed by atoms with van der Waals surface area (Å²) in [5.41, 5.74) is 3.29. The summed E-state index contributed by atoms with van der Waals surface area (Å²) in [7, 11) is 1.83. The standard InChI is InChI=1S/C17H18N2O/c1-19(14-8-3-2-4-9-14)17(20)16-15-10-6-5-7-13(15)11-12-18-16/h2-10,16,18H,11-12H2,1H3. The van der Waals surface area contributed by atoms with E-state index in [1.807, 2.05) is 55.6 Å². The molecular formula is C17H18N2O. The maximum Gasteiger partial charge on any atom is 0.248 e. The van der Waals surface area contributed by atoms with E-state index in [0.717, 1.165) is 24.2 Å². The second kappa shape index (κ2) is 5.47. The number of fused-ring (bicyclic) bond motifs is 1. The van der Waals surface area contributed by atoms with Crippen molar-refractivity contribution in [2.75, 3.05) is 18.5 Å². The van der Waals surface area contributed by atoms with Crippen LogP contribution >= 0.6 is 0 Å². The molecule has 0 bridgehead atoms. The lowest BCUT2D eigenvalue weighted by Gasteiger charge is -2.29. The number of nitrogens with one attached hydrogen (secondary N) is 1. The largest absolute Gasteiger partial charge is 0.314 e. The molecule has 1 aliphatic heterocycles. The van der Waals surface area contributed by atoms with Gasteiger partial charge < -0.3 is 10.2 Å². The summed E-state index contributed by atoms with van der Waals surface area (Å²) in [5.74, 6) is 0.0864. The summed E-state index contributed by atoms with van der Waals surface area (Å²) in [6.07, 6.45) is 0.981. The minimum Gasteiger partial charge on any atom is -0.314 e. The minimum atomic E-state index is -0.245. The first-order valence-corrected chi connectivity index (χ1v) is 6.91. The van der Waals surface area contributed by atoms with E-state index in [-0.39, 0.29) is 11.9 Å². The fourth-order valence-electron chi connectivity index (χ4n) is 2.70. The lowest BCUT2D eigenvalue weighted by atomic mass is 9.93. The van der Waals surface area contributed by atoms with Crippen molar-refractivity contribution in [1.29, 1.82) is 0 Å². The number of benzene rings is 2. The molecule has 20 heavy (non-hydrogen) atoms. The number of amides is 1. The quantitative estimate of drug-likeness (QED) is 0.906. The van der Waals surface area contributed by atoms with Gasteiger partial charge in [-0.25, -0.2) is 0 Å². The molecule has 1 aliphatic rings. The highest BCUT2D eigenvalue weighted by Crippen LogP contribution is 2.25. The van der Waals surface area contributed by atoms with Crippen LogP contribution in [0.4, 0.5) is 5.69 Å². The van der Waals surface area contributed by atoms with Crippen LogP contribution < -0.4 is 10.2 Å². The third-order valence-corrected chi connectivity index (χ3v) is 3.83. The first kappa shape index (κ1) is 12.9. The Morgan fingerprint density at radius 3 is 2.60 bits per heavy atom. The van der Waals surface area contributed by atoms with Crippen molar-refractivity contribution in [1.82, 2.24) is 5.32 Å². The highest BCUT2D eigenvalue weighted by molar-refractivity contribution is 5.97. The van der Waals surface area contributed by atoms with E-state index in [2.05, 4.69) is 11.4 Å². The van der Waals surface area contributed by atoms with Crippen molar-refractivity contribution in [3.63, 3.8) is 0 Å². The Morgan fingerprint density at radius 2 is 1.80 bits per heavy atom. The summed E-state index contributed by atoms with van der Waals surface area (Å²) >= 11 is 0. The maximum atomic E-state index is 12.7. The number of para-hydroxylation sites is 1. The zero-order valence-corrected chi connectivity index (χ0v) is 11.5. The highest BCUT2D eigenvalue weighted by atomic mass is 16.2. The van der Waals surface area contributed by atoms with Crippen molar-refractivity contribution in [2.45, 2.75) is 12.5 Å². The SMILES string of the molecule is CN(C(=O)C1NCCc2ccccc21)c1ccccc1. The molecule has 3 heteroatoms. The predicted molar refractivity (Wildman–Crippen MR) is 80.7 cm³/mol. The zero-order valence-electron chi connectivity index (χ0n) is 11.5. The zero-order chi connectivity index (χ0) is 13.9. The Morgan fingerprint density at radius 1 is 1.10 bits per heavy atom. The molecule has 1 N–H and O–H groups in total. The normalized spacial score (nSPS) is 17.4. The summed E-state index contributed by atoms with van der Waals surface area (Å²) in [6.45, 7) is 0.843. The lowest BCUT2D eigenvalue weighted by Crippen LogP contribution is -2.42. The Labute approximate surface area is 119 Å². The molecule has 102 valence electrons. The van der Waals surface area contributed by atoms with Crippen LogP contribution in [0.15, 0.2) is 54.6 Å². The van der Waals surface area contributed by atoms with Crippen molar-refractivity contribution in [3.8, 4) is 0 Å². The van der Waals surface area contributed by atoms with Gasteiger partial charge in [-0.3, -0.25) is 4.79 Å². The number of carbonyl (C=O) groups is 1. The Balaban J connectivity index is 1.89. The maximum absolute atomic E-state index is 12.7. The van der Waals surface area contributed by atoms with Gasteiger partial charge in [0.05, 0.1) is 0 Å². The predicted octanol–water partition coefficient (Wildman–Crippen LogP) is 2.54. The van der Waals surface area contributed by atoms with Gasteiger partial charge in [-0.05, 0) is 29.7 Å². The van der Waals surface area contributed by atoms with E-state index < -0.39 is 0 Å². The van der Waals surface area contributed by atoms with Gasteiger partial charge >= 0.3 is 0 Å². The van der Waals surface area contributed by atoms with Crippen LogP contribution in [0, 0.1) is 0 Å². The van der Waals surface area contributed by atoms with Gasteiger partial charge in [0.1, 0.15) is 6.04 Å². The molecule has 0 saturated carbocycles.